The van der Waals surface area contributed by atoms with Gasteiger partial charge in [0.05, 0.1) is 6.54 Å². The topological polar surface area (TPSA) is 32.3 Å². The zero-order valence-electron chi connectivity index (χ0n) is 8.34. The van der Waals surface area contributed by atoms with Crippen molar-refractivity contribution in [2.24, 2.45) is 0 Å². The minimum atomic E-state index is 0.210. The molecule has 0 aromatic rings. The summed E-state index contributed by atoms with van der Waals surface area (Å²) in [6.07, 6.45) is 6.11. The SMILES string of the molecule is O=C(CNC/C=C/CCl)N1CCCC1. The first kappa shape index (κ1) is 11.5. The van der Waals surface area contributed by atoms with Crippen LogP contribution in [0.4, 0.5) is 0 Å². The van der Waals surface area contributed by atoms with E-state index in [1.165, 1.54) is 0 Å². The van der Waals surface area contributed by atoms with Gasteiger partial charge in [-0.15, -0.1) is 11.6 Å². The zero-order chi connectivity index (χ0) is 10.2. The number of nitrogens with zero attached hydrogens (tertiary/aromatic N) is 1. The first-order chi connectivity index (χ1) is 6.84. The van der Waals surface area contributed by atoms with Gasteiger partial charge in [-0.3, -0.25) is 4.79 Å². The molecule has 0 aromatic heterocycles. The average molecular weight is 217 g/mol. The van der Waals surface area contributed by atoms with Gasteiger partial charge >= 0.3 is 0 Å². The van der Waals surface area contributed by atoms with Crippen molar-refractivity contribution in [1.29, 1.82) is 0 Å². The summed E-state index contributed by atoms with van der Waals surface area (Å²) in [5.74, 6) is 0.739. The van der Waals surface area contributed by atoms with E-state index in [4.69, 9.17) is 11.6 Å². The number of halogens is 1. The van der Waals surface area contributed by atoms with Gasteiger partial charge in [-0.2, -0.15) is 0 Å². The molecule has 0 aromatic carbocycles. The molecule has 1 amide bonds. The maximum absolute atomic E-state index is 11.5. The van der Waals surface area contributed by atoms with Gasteiger partial charge in [-0.1, -0.05) is 12.2 Å². The lowest BCUT2D eigenvalue weighted by Crippen LogP contribution is -2.36. The number of amides is 1. The Balaban J connectivity index is 2.05. The van der Waals surface area contributed by atoms with E-state index in [1.807, 2.05) is 17.1 Å². The van der Waals surface area contributed by atoms with Gasteiger partial charge in [0.15, 0.2) is 0 Å². The lowest BCUT2D eigenvalue weighted by Gasteiger charge is -2.14. The average Bonchev–Trinajstić information content (AvgIpc) is 2.70. The number of nitrogens with one attached hydrogen (secondary N) is 1. The Labute approximate surface area is 90.1 Å². The maximum atomic E-state index is 11.5. The van der Waals surface area contributed by atoms with Crippen LogP contribution in [0.1, 0.15) is 12.8 Å². The number of rotatable bonds is 5. The molecule has 0 aliphatic carbocycles. The molecule has 1 rings (SSSR count). The first-order valence-corrected chi connectivity index (χ1v) is 5.57. The molecule has 1 fully saturated rings. The Morgan fingerprint density at radius 2 is 2.07 bits per heavy atom. The third-order valence-electron chi connectivity index (χ3n) is 2.25. The van der Waals surface area contributed by atoms with Gasteiger partial charge in [0.2, 0.25) is 5.91 Å². The van der Waals surface area contributed by atoms with Gasteiger partial charge in [0.1, 0.15) is 0 Å². The van der Waals surface area contributed by atoms with E-state index >= 15 is 0 Å². The Bertz CT molecular complexity index is 200. The van der Waals surface area contributed by atoms with Crippen LogP contribution in [0.25, 0.3) is 0 Å². The molecule has 0 unspecified atom stereocenters. The fraction of sp³-hybridized carbons (Fsp3) is 0.700. The Hall–Kier alpha value is -0.540. The molecule has 14 heavy (non-hydrogen) atoms. The highest BCUT2D eigenvalue weighted by atomic mass is 35.5. The molecule has 1 N–H and O–H groups in total. The number of allylic oxidation sites excluding steroid dienone is 1. The lowest BCUT2D eigenvalue weighted by atomic mass is 10.4. The van der Waals surface area contributed by atoms with Gasteiger partial charge in [0, 0.05) is 25.5 Å². The van der Waals surface area contributed by atoms with Crippen LogP contribution >= 0.6 is 11.6 Å². The molecule has 80 valence electrons. The minimum absolute atomic E-state index is 0.210. The number of likely N-dealkylation sites (tertiary alicyclic amines) is 1. The van der Waals surface area contributed by atoms with E-state index in [9.17, 15) is 4.79 Å². The highest BCUT2D eigenvalue weighted by Crippen LogP contribution is 2.06. The number of alkyl halides is 1. The number of hydrogen-bond acceptors (Lipinski definition) is 2. The summed E-state index contributed by atoms with van der Waals surface area (Å²) in [5.41, 5.74) is 0. The molecular weight excluding hydrogens is 200 g/mol. The lowest BCUT2D eigenvalue weighted by molar-refractivity contribution is -0.129. The van der Waals surface area contributed by atoms with Crippen molar-refractivity contribution in [3.05, 3.63) is 12.2 Å². The molecule has 0 bridgehead atoms. The quantitative estimate of drug-likeness (QED) is 0.423. The molecular formula is C10H17ClN2O. The van der Waals surface area contributed by atoms with Crippen LogP contribution in [-0.2, 0) is 4.79 Å². The van der Waals surface area contributed by atoms with Crippen molar-refractivity contribution in [1.82, 2.24) is 10.2 Å². The predicted molar refractivity (Wildman–Crippen MR) is 58.5 cm³/mol. The Morgan fingerprint density at radius 3 is 2.71 bits per heavy atom. The van der Waals surface area contributed by atoms with Crippen molar-refractivity contribution >= 4 is 17.5 Å². The summed E-state index contributed by atoms with van der Waals surface area (Å²) < 4.78 is 0. The van der Waals surface area contributed by atoms with Crippen LogP contribution in [0.5, 0.6) is 0 Å². The summed E-state index contributed by atoms with van der Waals surface area (Å²) in [7, 11) is 0. The third-order valence-corrected chi connectivity index (χ3v) is 2.43. The highest BCUT2D eigenvalue weighted by molar-refractivity contribution is 6.18. The normalized spacial score (nSPS) is 16.8. The molecule has 3 nitrogen and oxygen atoms in total. The monoisotopic (exact) mass is 216 g/mol. The third kappa shape index (κ3) is 4.11. The van der Waals surface area contributed by atoms with Crippen molar-refractivity contribution in [3.63, 3.8) is 0 Å². The molecule has 1 aliphatic rings. The van der Waals surface area contributed by atoms with Crippen molar-refractivity contribution < 1.29 is 4.79 Å². The molecule has 1 heterocycles. The summed E-state index contributed by atoms with van der Waals surface area (Å²) in [6.45, 7) is 3.01. The van der Waals surface area contributed by atoms with E-state index in [0.29, 0.717) is 19.0 Å². The molecule has 0 atom stereocenters. The minimum Gasteiger partial charge on any atom is -0.342 e. The second-order valence-corrected chi connectivity index (χ2v) is 3.65. The van der Waals surface area contributed by atoms with Gasteiger partial charge in [-0.25, -0.2) is 0 Å². The van der Waals surface area contributed by atoms with Crippen LogP contribution in [0.3, 0.4) is 0 Å². The molecule has 0 spiro atoms. The largest absolute Gasteiger partial charge is 0.342 e. The maximum Gasteiger partial charge on any atom is 0.236 e. The fourth-order valence-electron chi connectivity index (χ4n) is 1.49. The highest BCUT2D eigenvalue weighted by Gasteiger charge is 2.16. The number of carbonyl (C=O) groups is 1. The van der Waals surface area contributed by atoms with Gasteiger partial charge < -0.3 is 10.2 Å². The van der Waals surface area contributed by atoms with Crippen molar-refractivity contribution in [2.45, 2.75) is 12.8 Å². The number of carbonyl (C=O) groups excluding carboxylic acids is 1. The van der Waals surface area contributed by atoms with Crippen molar-refractivity contribution in [2.75, 3.05) is 32.1 Å². The van der Waals surface area contributed by atoms with E-state index in [-0.39, 0.29) is 5.91 Å². The summed E-state index contributed by atoms with van der Waals surface area (Å²) in [4.78, 5) is 13.4. The van der Waals surface area contributed by atoms with E-state index < -0.39 is 0 Å². The van der Waals surface area contributed by atoms with Gasteiger partial charge in [0.25, 0.3) is 0 Å². The van der Waals surface area contributed by atoms with Crippen molar-refractivity contribution in [3.8, 4) is 0 Å². The smallest absolute Gasteiger partial charge is 0.236 e. The Kier molecular flexibility index (Phi) is 5.64. The van der Waals surface area contributed by atoms with Crippen LogP contribution in [0, 0.1) is 0 Å². The van der Waals surface area contributed by atoms with Crippen LogP contribution < -0.4 is 5.32 Å². The fourth-order valence-corrected chi connectivity index (χ4v) is 1.61. The molecule has 1 aliphatic heterocycles. The van der Waals surface area contributed by atoms with Crippen LogP contribution in [0.15, 0.2) is 12.2 Å². The summed E-state index contributed by atoms with van der Waals surface area (Å²) in [5, 5.41) is 3.06. The second kappa shape index (κ2) is 6.85. The molecule has 0 saturated carbocycles. The standard InChI is InChI=1S/C10H17ClN2O/c11-5-1-2-6-12-9-10(14)13-7-3-4-8-13/h1-2,12H,3-9H2/b2-1+. The summed E-state index contributed by atoms with van der Waals surface area (Å²) in [6, 6.07) is 0. The van der Waals surface area contributed by atoms with Gasteiger partial charge in [-0.05, 0) is 12.8 Å². The molecule has 1 saturated heterocycles. The van der Waals surface area contributed by atoms with Crippen LogP contribution in [-0.4, -0.2) is 42.9 Å². The van der Waals surface area contributed by atoms with Crippen LogP contribution in [0.2, 0.25) is 0 Å². The van der Waals surface area contributed by atoms with E-state index in [2.05, 4.69) is 5.32 Å². The summed E-state index contributed by atoms with van der Waals surface area (Å²) >= 11 is 5.46. The zero-order valence-corrected chi connectivity index (χ0v) is 9.09. The predicted octanol–water partition coefficient (Wildman–Crippen LogP) is 0.993. The van der Waals surface area contributed by atoms with E-state index in [0.717, 1.165) is 25.9 Å². The van der Waals surface area contributed by atoms with E-state index in [1.54, 1.807) is 0 Å². The Morgan fingerprint density at radius 1 is 1.36 bits per heavy atom. The molecule has 4 heteroatoms. The number of hydrogen-bond donors (Lipinski definition) is 1. The molecule has 0 radical (unpaired) electrons. The second-order valence-electron chi connectivity index (χ2n) is 3.34. The first-order valence-electron chi connectivity index (χ1n) is 5.04.